The van der Waals surface area contributed by atoms with E-state index in [4.69, 9.17) is 0 Å². The lowest BCUT2D eigenvalue weighted by Crippen LogP contribution is -2.38. The number of nitro benzene ring substituents is 1. The van der Waals surface area contributed by atoms with Crippen molar-refractivity contribution in [1.82, 2.24) is 4.90 Å². The van der Waals surface area contributed by atoms with Crippen molar-refractivity contribution in [1.29, 1.82) is 0 Å². The second-order valence-electron chi connectivity index (χ2n) is 5.10. The Balaban J connectivity index is 2.24. The van der Waals surface area contributed by atoms with Gasteiger partial charge in [0.2, 0.25) is 0 Å². The van der Waals surface area contributed by atoms with Crippen LogP contribution in [0.15, 0.2) is 12.1 Å². The van der Waals surface area contributed by atoms with Gasteiger partial charge in [0, 0.05) is 31.6 Å². The molecule has 0 fully saturated rings. The molecule has 18 heavy (non-hydrogen) atoms. The minimum absolute atomic E-state index is 0.0352. The van der Waals surface area contributed by atoms with Gasteiger partial charge in [-0.2, -0.15) is 0 Å². The Morgan fingerprint density at radius 1 is 1.44 bits per heavy atom. The van der Waals surface area contributed by atoms with Crippen molar-refractivity contribution < 1.29 is 9.72 Å². The molecule has 1 aliphatic heterocycles. The van der Waals surface area contributed by atoms with E-state index >= 15 is 0 Å². The molecule has 1 aromatic carbocycles. The maximum Gasteiger partial charge on any atom is 0.270 e. The molecule has 0 bridgehead atoms. The van der Waals surface area contributed by atoms with Crippen LogP contribution in [0.1, 0.15) is 40.2 Å². The zero-order chi connectivity index (χ0) is 12.9. The van der Waals surface area contributed by atoms with Gasteiger partial charge in [0.05, 0.1) is 10.5 Å². The number of benzene rings is 1. The summed E-state index contributed by atoms with van der Waals surface area (Å²) in [7, 11) is 1.76. The van der Waals surface area contributed by atoms with Gasteiger partial charge in [-0.25, -0.2) is 0 Å². The number of likely N-dealkylation sites (N-methyl/N-ethyl adjacent to an activating group) is 1. The third-order valence-corrected chi connectivity index (χ3v) is 3.94. The van der Waals surface area contributed by atoms with Crippen LogP contribution in [0.2, 0.25) is 0 Å². The predicted molar refractivity (Wildman–Crippen MR) is 65.7 cm³/mol. The Bertz CT molecular complexity index is 553. The summed E-state index contributed by atoms with van der Waals surface area (Å²) in [5.74, 6) is 0.264. The number of hydrogen-bond donors (Lipinski definition) is 0. The summed E-state index contributed by atoms with van der Waals surface area (Å²) in [6.07, 6.45) is 2.95. The number of carbonyl (C=O) groups is 1. The van der Waals surface area contributed by atoms with Gasteiger partial charge < -0.3 is 4.90 Å². The smallest absolute Gasteiger partial charge is 0.270 e. The van der Waals surface area contributed by atoms with Crippen molar-refractivity contribution >= 4 is 11.6 Å². The molecule has 0 saturated heterocycles. The third kappa shape index (κ3) is 1.50. The van der Waals surface area contributed by atoms with Gasteiger partial charge in [0.15, 0.2) is 0 Å². The van der Waals surface area contributed by atoms with Crippen molar-refractivity contribution in [3.63, 3.8) is 0 Å². The standard InChI is InChI=1S/C13H14N2O3/c1-14-7-9-4-2-3-8-5-10(15(17)18)6-11(12(8)9)13(14)16/h5-6,9H,2-4,7H2,1H3. The van der Waals surface area contributed by atoms with Crippen LogP contribution in [0, 0.1) is 10.1 Å². The van der Waals surface area contributed by atoms with E-state index in [-0.39, 0.29) is 11.6 Å². The topological polar surface area (TPSA) is 63.4 Å². The van der Waals surface area contributed by atoms with E-state index in [1.54, 1.807) is 18.0 Å². The Labute approximate surface area is 105 Å². The van der Waals surface area contributed by atoms with E-state index < -0.39 is 4.92 Å². The molecule has 1 unspecified atom stereocenters. The quantitative estimate of drug-likeness (QED) is 0.563. The number of nitro groups is 1. The molecule has 5 heteroatoms. The molecule has 94 valence electrons. The molecule has 0 spiro atoms. The number of non-ortho nitro benzene ring substituents is 1. The van der Waals surface area contributed by atoms with Gasteiger partial charge in [-0.3, -0.25) is 14.9 Å². The molecule has 1 aromatic rings. The number of carbonyl (C=O) groups excluding carboxylic acids is 1. The van der Waals surface area contributed by atoms with Gasteiger partial charge in [-0.05, 0) is 30.4 Å². The molecular weight excluding hydrogens is 232 g/mol. The number of rotatable bonds is 1. The maximum atomic E-state index is 12.1. The average Bonchev–Trinajstić information content (AvgIpc) is 2.35. The van der Waals surface area contributed by atoms with Crippen LogP contribution >= 0.6 is 0 Å². The molecule has 1 aliphatic carbocycles. The molecular formula is C13H14N2O3. The van der Waals surface area contributed by atoms with Crippen LogP contribution in [0.5, 0.6) is 0 Å². The predicted octanol–water partition coefficient (Wildman–Crippen LogP) is 2.10. The third-order valence-electron chi connectivity index (χ3n) is 3.94. The summed E-state index contributed by atoms with van der Waals surface area (Å²) >= 11 is 0. The molecule has 0 aromatic heterocycles. The Kier molecular flexibility index (Phi) is 2.36. The molecule has 0 saturated carbocycles. The fourth-order valence-corrected chi connectivity index (χ4v) is 3.15. The van der Waals surface area contributed by atoms with Crippen LogP contribution in [0.25, 0.3) is 0 Å². The molecule has 1 amide bonds. The van der Waals surface area contributed by atoms with Crippen molar-refractivity contribution in [2.45, 2.75) is 25.2 Å². The first kappa shape index (κ1) is 11.2. The Hall–Kier alpha value is -1.91. The maximum absolute atomic E-state index is 12.1. The fraction of sp³-hybridized carbons (Fsp3) is 0.462. The van der Waals surface area contributed by atoms with Gasteiger partial charge in [-0.15, -0.1) is 0 Å². The van der Waals surface area contributed by atoms with Crippen LogP contribution in [-0.4, -0.2) is 29.3 Å². The number of aryl methyl sites for hydroxylation is 1. The van der Waals surface area contributed by atoms with Gasteiger partial charge in [-0.1, -0.05) is 0 Å². The van der Waals surface area contributed by atoms with Crippen LogP contribution < -0.4 is 0 Å². The van der Waals surface area contributed by atoms with E-state index in [0.717, 1.165) is 36.9 Å². The molecule has 0 N–H and O–H groups in total. The van der Waals surface area contributed by atoms with E-state index in [0.29, 0.717) is 11.5 Å². The number of amides is 1. The zero-order valence-electron chi connectivity index (χ0n) is 10.2. The van der Waals surface area contributed by atoms with Crippen LogP contribution in [-0.2, 0) is 6.42 Å². The first-order valence-corrected chi connectivity index (χ1v) is 6.14. The molecule has 5 nitrogen and oxygen atoms in total. The second kappa shape index (κ2) is 3.80. The SMILES string of the molecule is CN1CC2CCCc3cc([N+](=O)[O-])cc(c32)C1=O. The van der Waals surface area contributed by atoms with Gasteiger partial charge in [0.25, 0.3) is 11.6 Å². The average molecular weight is 246 g/mol. The van der Waals surface area contributed by atoms with Crippen molar-refractivity contribution in [3.8, 4) is 0 Å². The molecule has 1 atom stereocenters. The first-order chi connectivity index (χ1) is 8.58. The van der Waals surface area contributed by atoms with E-state index in [2.05, 4.69) is 0 Å². The Morgan fingerprint density at radius 3 is 2.94 bits per heavy atom. The van der Waals surface area contributed by atoms with Crippen LogP contribution in [0.3, 0.4) is 0 Å². The first-order valence-electron chi connectivity index (χ1n) is 6.14. The molecule has 3 rings (SSSR count). The lowest BCUT2D eigenvalue weighted by atomic mass is 9.77. The monoisotopic (exact) mass is 246 g/mol. The summed E-state index contributed by atoms with van der Waals surface area (Å²) in [5, 5.41) is 10.9. The molecule has 0 radical (unpaired) electrons. The summed E-state index contributed by atoms with van der Waals surface area (Å²) < 4.78 is 0. The van der Waals surface area contributed by atoms with Gasteiger partial charge >= 0.3 is 0 Å². The summed E-state index contributed by atoms with van der Waals surface area (Å²) in [6.45, 7) is 0.733. The number of nitrogens with zero attached hydrogens (tertiary/aromatic N) is 2. The van der Waals surface area contributed by atoms with Crippen molar-refractivity contribution in [2.75, 3.05) is 13.6 Å². The molecule has 2 aliphatic rings. The highest BCUT2D eigenvalue weighted by Gasteiger charge is 2.34. The highest BCUT2D eigenvalue weighted by molar-refractivity contribution is 5.98. The van der Waals surface area contributed by atoms with E-state index in [9.17, 15) is 14.9 Å². The summed E-state index contributed by atoms with van der Waals surface area (Å²) in [6, 6.07) is 3.08. The van der Waals surface area contributed by atoms with E-state index in [1.165, 1.54) is 6.07 Å². The van der Waals surface area contributed by atoms with Crippen molar-refractivity contribution in [2.24, 2.45) is 0 Å². The molecule has 1 heterocycles. The van der Waals surface area contributed by atoms with Crippen molar-refractivity contribution in [3.05, 3.63) is 38.9 Å². The van der Waals surface area contributed by atoms with Crippen LogP contribution in [0.4, 0.5) is 5.69 Å². The van der Waals surface area contributed by atoms with Gasteiger partial charge in [0.1, 0.15) is 0 Å². The summed E-state index contributed by atoms with van der Waals surface area (Å²) in [4.78, 5) is 24.3. The highest BCUT2D eigenvalue weighted by atomic mass is 16.6. The highest BCUT2D eigenvalue weighted by Crippen LogP contribution is 2.40. The minimum atomic E-state index is -0.414. The zero-order valence-corrected chi connectivity index (χ0v) is 10.2. The van der Waals surface area contributed by atoms with E-state index in [1.807, 2.05) is 0 Å². The number of hydrogen-bond acceptors (Lipinski definition) is 3. The normalized spacial score (nSPS) is 21.7. The lowest BCUT2D eigenvalue weighted by Gasteiger charge is -2.36. The fourth-order valence-electron chi connectivity index (χ4n) is 3.15. The Morgan fingerprint density at radius 2 is 2.22 bits per heavy atom. The summed E-state index contributed by atoms with van der Waals surface area (Å²) in [5.41, 5.74) is 2.64. The minimum Gasteiger partial charge on any atom is -0.341 e. The largest absolute Gasteiger partial charge is 0.341 e. The lowest BCUT2D eigenvalue weighted by molar-refractivity contribution is -0.385. The second-order valence-corrected chi connectivity index (χ2v) is 5.10.